The summed E-state index contributed by atoms with van der Waals surface area (Å²) in [6.45, 7) is 6.86. The number of anilines is 1. The van der Waals surface area contributed by atoms with Gasteiger partial charge in [-0.3, -0.25) is 0 Å². The minimum absolute atomic E-state index is 0.675. The van der Waals surface area contributed by atoms with E-state index in [0.29, 0.717) is 6.04 Å². The molecule has 1 fully saturated rings. The van der Waals surface area contributed by atoms with E-state index in [-0.39, 0.29) is 0 Å². The van der Waals surface area contributed by atoms with Gasteiger partial charge in [0, 0.05) is 24.8 Å². The Morgan fingerprint density at radius 1 is 1.24 bits per heavy atom. The molecule has 0 amide bonds. The van der Waals surface area contributed by atoms with Crippen molar-refractivity contribution in [3.8, 4) is 0 Å². The van der Waals surface area contributed by atoms with Crippen molar-refractivity contribution in [2.45, 2.75) is 39.3 Å². The van der Waals surface area contributed by atoms with Crippen LogP contribution in [0.1, 0.15) is 32.3 Å². The second kappa shape index (κ2) is 5.54. The molecular weight excluding hydrogens is 208 g/mol. The smallest absolute Gasteiger partial charge is 0.0368 e. The lowest BCUT2D eigenvalue weighted by atomic mass is 9.93. The molecular formula is C15H24N2. The van der Waals surface area contributed by atoms with E-state index in [1.54, 1.807) is 0 Å². The SMILES string of the molecule is CNCc1ccc(N2CCC(C)CC2C)cc1. The van der Waals surface area contributed by atoms with Crippen molar-refractivity contribution in [1.82, 2.24) is 5.32 Å². The summed E-state index contributed by atoms with van der Waals surface area (Å²) in [5.74, 6) is 0.879. The average Bonchev–Trinajstić information content (AvgIpc) is 2.31. The summed E-state index contributed by atoms with van der Waals surface area (Å²) in [5.41, 5.74) is 2.73. The zero-order valence-electron chi connectivity index (χ0n) is 11.2. The molecule has 2 nitrogen and oxygen atoms in total. The van der Waals surface area contributed by atoms with Crippen LogP contribution in [0.2, 0.25) is 0 Å². The number of piperidine rings is 1. The summed E-state index contributed by atoms with van der Waals surface area (Å²) < 4.78 is 0. The summed E-state index contributed by atoms with van der Waals surface area (Å²) in [4.78, 5) is 2.54. The first-order chi connectivity index (χ1) is 8.20. The monoisotopic (exact) mass is 232 g/mol. The fourth-order valence-corrected chi connectivity index (χ4v) is 2.80. The largest absolute Gasteiger partial charge is 0.369 e. The van der Waals surface area contributed by atoms with E-state index in [1.807, 2.05) is 7.05 Å². The Morgan fingerprint density at radius 2 is 1.94 bits per heavy atom. The van der Waals surface area contributed by atoms with Gasteiger partial charge in [0.25, 0.3) is 0 Å². The standard InChI is InChI=1S/C15H24N2/c1-12-8-9-17(13(2)10-12)15-6-4-14(5-7-15)11-16-3/h4-7,12-13,16H,8-11H2,1-3H3. The van der Waals surface area contributed by atoms with Gasteiger partial charge in [0.15, 0.2) is 0 Å². The van der Waals surface area contributed by atoms with Gasteiger partial charge in [-0.1, -0.05) is 19.1 Å². The zero-order valence-corrected chi connectivity index (χ0v) is 11.2. The van der Waals surface area contributed by atoms with Crippen LogP contribution in [0.5, 0.6) is 0 Å². The molecule has 94 valence electrons. The Labute approximate surface area is 105 Å². The number of benzene rings is 1. The van der Waals surface area contributed by atoms with Gasteiger partial charge in [0.2, 0.25) is 0 Å². The summed E-state index contributed by atoms with van der Waals surface area (Å²) in [6.07, 6.45) is 2.64. The second-order valence-corrected chi connectivity index (χ2v) is 5.37. The highest BCUT2D eigenvalue weighted by molar-refractivity contribution is 5.48. The van der Waals surface area contributed by atoms with Gasteiger partial charge in [-0.15, -0.1) is 0 Å². The summed E-state index contributed by atoms with van der Waals surface area (Å²) in [6, 6.07) is 9.67. The molecule has 0 saturated carbocycles. The lowest BCUT2D eigenvalue weighted by molar-refractivity contribution is 0.378. The van der Waals surface area contributed by atoms with E-state index in [0.717, 1.165) is 12.5 Å². The van der Waals surface area contributed by atoms with Gasteiger partial charge >= 0.3 is 0 Å². The van der Waals surface area contributed by atoms with E-state index in [1.165, 1.54) is 30.6 Å². The molecule has 1 saturated heterocycles. The van der Waals surface area contributed by atoms with Crippen LogP contribution in [0.15, 0.2) is 24.3 Å². The average molecular weight is 232 g/mol. The van der Waals surface area contributed by atoms with Crippen LogP contribution >= 0.6 is 0 Å². The molecule has 0 aliphatic carbocycles. The third-order valence-corrected chi connectivity index (χ3v) is 3.79. The number of hydrogen-bond acceptors (Lipinski definition) is 2. The fraction of sp³-hybridized carbons (Fsp3) is 0.600. The Bertz CT molecular complexity index is 344. The van der Waals surface area contributed by atoms with Crippen molar-refractivity contribution in [3.05, 3.63) is 29.8 Å². The highest BCUT2D eigenvalue weighted by Crippen LogP contribution is 2.27. The van der Waals surface area contributed by atoms with Crippen molar-refractivity contribution >= 4 is 5.69 Å². The maximum atomic E-state index is 3.18. The van der Waals surface area contributed by atoms with Gasteiger partial charge in [-0.2, -0.15) is 0 Å². The molecule has 1 aliphatic rings. The van der Waals surface area contributed by atoms with Crippen LogP contribution in [0.25, 0.3) is 0 Å². The van der Waals surface area contributed by atoms with Crippen molar-refractivity contribution in [1.29, 1.82) is 0 Å². The molecule has 2 atom stereocenters. The Balaban J connectivity index is 2.06. The summed E-state index contributed by atoms with van der Waals surface area (Å²) in [5, 5.41) is 3.18. The van der Waals surface area contributed by atoms with Crippen LogP contribution in [-0.2, 0) is 6.54 Å². The van der Waals surface area contributed by atoms with E-state index in [4.69, 9.17) is 0 Å². The van der Waals surface area contributed by atoms with E-state index < -0.39 is 0 Å². The first kappa shape index (κ1) is 12.4. The fourth-order valence-electron chi connectivity index (χ4n) is 2.80. The molecule has 1 heterocycles. The highest BCUT2D eigenvalue weighted by Gasteiger charge is 2.22. The molecule has 1 N–H and O–H groups in total. The van der Waals surface area contributed by atoms with Gasteiger partial charge in [-0.05, 0) is 50.4 Å². The molecule has 1 aliphatic heterocycles. The Morgan fingerprint density at radius 3 is 2.53 bits per heavy atom. The molecule has 1 aromatic rings. The van der Waals surface area contributed by atoms with E-state index in [9.17, 15) is 0 Å². The summed E-state index contributed by atoms with van der Waals surface area (Å²) >= 11 is 0. The molecule has 0 radical (unpaired) electrons. The lowest BCUT2D eigenvalue weighted by Crippen LogP contribution is -2.40. The van der Waals surface area contributed by atoms with Gasteiger partial charge in [-0.25, -0.2) is 0 Å². The molecule has 0 bridgehead atoms. The molecule has 17 heavy (non-hydrogen) atoms. The quantitative estimate of drug-likeness (QED) is 0.861. The first-order valence-electron chi connectivity index (χ1n) is 6.71. The maximum absolute atomic E-state index is 3.18. The molecule has 2 heteroatoms. The van der Waals surface area contributed by atoms with Crippen molar-refractivity contribution < 1.29 is 0 Å². The number of rotatable bonds is 3. The highest BCUT2D eigenvalue weighted by atomic mass is 15.2. The first-order valence-corrected chi connectivity index (χ1v) is 6.71. The second-order valence-electron chi connectivity index (χ2n) is 5.37. The van der Waals surface area contributed by atoms with Gasteiger partial charge in [0.05, 0.1) is 0 Å². The molecule has 2 unspecified atom stereocenters. The Hall–Kier alpha value is -1.02. The van der Waals surface area contributed by atoms with Crippen molar-refractivity contribution in [3.63, 3.8) is 0 Å². The number of hydrogen-bond donors (Lipinski definition) is 1. The molecule has 1 aromatic carbocycles. The lowest BCUT2D eigenvalue weighted by Gasteiger charge is -2.38. The van der Waals surface area contributed by atoms with Crippen LogP contribution < -0.4 is 10.2 Å². The number of nitrogens with zero attached hydrogens (tertiary/aromatic N) is 1. The third kappa shape index (κ3) is 3.01. The zero-order chi connectivity index (χ0) is 12.3. The van der Waals surface area contributed by atoms with Crippen LogP contribution in [0, 0.1) is 5.92 Å². The van der Waals surface area contributed by atoms with Crippen LogP contribution in [0.4, 0.5) is 5.69 Å². The number of nitrogens with one attached hydrogen (secondary N) is 1. The minimum atomic E-state index is 0.675. The molecule has 2 rings (SSSR count). The molecule has 0 spiro atoms. The van der Waals surface area contributed by atoms with Crippen molar-refractivity contribution in [2.75, 3.05) is 18.5 Å². The maximum Gasteiger partial charge on any atom is 0.0368 e. The summed E-state index contributed by atoms with van der Waals surface area (Å²) in [7, 11) is 1.99. The van der Waals surface area contributed by atoms with Gasteiger partial charge in [0.1, 0.15) is 0 Å². The Kier molecular flexibility index (Phi) is 4.06. The third-order valence-electron chi connectivity index (χ3n) is 3.79. The predicted molar refractivity (Wildman–Crippen MR) is 74.4 cm³/mol. The topological polar surface area (TPSA) is 15.3 Å². The van der Waals surface area contributed by atoms with Gasteiger partial charge < -0.3 is 10.2 Å². The molecule has 0 aromatic heterocycles. The van der Waals surface area contributed by atoms with E-state index >= 15 is 0 Å². The van der Waals surface area contributed by atoms with Crippen LogP contribution in [-0.4, -0.2) is 19.6 Å². The van der Waals surface area contributed by atoms with Crippen LogP contribution in [0.3, 0.4) is 0 Å². The predicted octanol–water partition coefficient (Wildman–Crippen LogP) is 3.03. The normalized spacial score (nSPS) is 25.0. The van der Waals surface area contributed by atoms with Crippen molar-refractivity contribution in [2.24, 2.45) is 5.92 Å². The minimum Gasteiger partial charge on any atom is -0.369 e. The van der Waals surface area contributed by atoms with E-state index in [2.05, 4.69) is 48.3 Å².